The van der Waals surface area contributed by atoms with Crippen LogP contribution in [0.25, 0.3) is 11.1 Å². The van der Waals surface area contributed by atoms with Gasteiger partial charge in [-0.3, -0.25) is 20.0 Å². The summed E-state index contributed by atoms with van der Waals surface area (Å²) in [5.41, 5.74) is 6.03. The Kier molecular flexibility index (Phi) is 18.2. The van der Waals surface area contributed by atoms with Crippen LogP contribution in [0.15, 0.2) is 85.2 Å². The fourth-order valence-electron chi connectivity index (χ4n) is 4.80. The van der Waals surface area contributed by atoms with Gasteiger partial charge >= 0.3 is 6.71 Å². The van der Waals surface area contributed by atoms with Gasteiger partial charge in [-0.25, -0.2) is 10.3 Å². The molecule has 1 aromatic heterocycles. The number of aryl methyl sites for hydroxylation is 1. The van der Waals surface area contributed by atoms with Crippen LogP contribution in [0.5, 0.6) is 0 Å². The van der Waals surface area contributed by atoms with Crippen molar-refractivity contribution < 1.29 is 19.1 Å². The first kappa shape index (κ1) is 40.0. The van der Waals surface area contributed by atoms with Crippen LogP contribution >= 0.6 is 0 Å². The number of nitriles is 1. The second-order valence-corrected chi connectivity index (χ2v) is 12.5. The minimum atomic E-state index is -0.473. The maximum Gasteiger partial charge on any atom is 0.304 e. The van der Waals surface area contributed by atoms with Gasteiger partial charge in [0.25, 0.3) is 12.4 Å². The number of ether oxygens (including phenoxy) is 2. The normalized spacial score (nSPS) is 16.4. The molecule has 2 heterocycles. The molecule has 248 valence electrons. The number of carbonyl (C=O) groups is 2. The van der Waals surface area contributed by atoms with Crippen molar-refractivity contribution >= 4 is 19.1 Å². The summed E-state index contributed by atoms with van der Waals surface area (Å²) in [7, 11) is 3.11. The molecule has 0 spiro atoms. The van der Waals surface area contributed by atoms with Gasteiger partial charge in [0.1, 0.15) is 0 Å². The Morgan fingerprint density at radius 2 is 1.85 bits per heavy atom. The Balaban J connectivity index is 0.000000506. The SMILES string of the molecule is COC=O.C\C=C/C=C\C=C\CN(CC1CB(C#N)C(C)(C)O1)NC(=O)C(NC)C(C)(C)C.Cc1ccc(-c2cccnc2)cc1. The van der Waals surface area contributed by atoms with E-state index in [9.17, 15) is 10.1 Å². The molecule has 1 aliphatic rings. The Hall–Kier alpha value is -4.04. The highest BCUT2D eigenvalue weighted by Gasteiger charge is 2.46. The second kappa shape index (κ2) is 20.9. The highest BCUT2D eigenvalue weighted by molar-refractivity contribution is 6.70. The van der Waals surface area contributed by atoms with Crippen LogP contribution < -0.4 is 10.7 Å². The predicted molar refractivity (Wildman–Crippen MR) is 188 cm³/mol. The molecule has 1 amide bonds. The molecule has 0 saturated carbocycles. The quantitative estimate of drug-likeness (QED) is 0.140. The average Bonchev–Trinajstić information content (AvgIpc) is 3.32. The van der Waals surface area contributed by atoms with E-state index in [1.54, 1.807) is 13.2 Å². The monoisotopic (exact) mass is 629 g/mol. The largest absolute Gasteiger partial charge is 0.471 e. The zero-order valence-electron chi connectivity index (χ0n) is 29.0. The van der Waals surface area contributed by atoms with Crippen molar-refractivity contribution in [1.29, 1.82) is 5.26 Å². The first-order valence-electron chi connectivity index (χ1n) is 15.5. The highest BCUT2D eigenvalue weighted by atomic mass is 16.5. The Bertz CT molecular complexity index is 1300. The van der Waals surface area contributed by atoms with Gasteiger partial charge in [0.2, 0.25) is 0 Å². The van der Waals surface area contributed by atoms with E-state index in [0.717, 1.165) is 0 Å². The van der Waals surface area contributed by atoms with Crippen LogP contribution in [-0.2, 0) is 19.1 Å². The fourth-order valence-corrected chi connectivity index (χ4v) is 4.80. The third-order valence-electron chi connectivity index (χ3n) is 7.20. The van der Waals surface area contributed by atoms with Gasteiger partial charge in [-0.05, 0) is 63.7 Å². The third kappa shape index (κ3) is 14.8. The van der Waals surface area contributed by atoms with Crippen molar-refractivity contribution in [3.63, 3.8) is 0 Å². The van der Waals surface area contributed by atoms with Crippen LogP contribution in [0, 0.1) is 23.6 Å². The van der Waals surface area contributed by atoms with Crippen molar-refractivity contribution in [2.45, 2.75) is 72.4 Å². The van der Waals surface area contributed by atoms with Gasteiger partial charge in [-0.2, -0.15) is 0 Å². The molecule has 1 fully saturated rings. The van der Waals surface area contributed by atoms with Crippen molar-refractivity contribution in [2.75, 3.05) is 27.2 Å². The molecule has 2 atom stereocenters. The van der Waals surface area contributed by atoms with Crippen molar-refractivity contribution in [3.8, 4) is 17.1 Å². The Morgan fingerprint density at radius 1 is 1.20 bits per heavy atom. The molecule has 2 aromatic rings. The maximum absolute atomic E-state index is 12.9. The van der Waals surface area contributed by atoms with Gasteiger partial charge in [-0.15, -0.1) is 0 Å². The molecule has 2 unspecified atom stereocenters. The number of likely N-dealkylation sites (N-methyl/N-ethyl adjacent to an activating group) is 1. The van der Waals surface area contributed by atoms with E-state index in [1.165, 1.54) is 23.8 Å². The standard InChI is InChI=1S/C22H37BN4O2.C12H11N.C2H4O2/c1-8-9-10-11-12-13-14-27(26-20(28)19(25-7)21(2,3)4)16-18-15-23(17-24)22(5,6)29-18;1-10-4-6-11(7-5-10)12-3-2-8-13-9-12;1-4-2-3/h8-13,18-19,25H,14-16H2,1-7H3,(H,26,28);2-9H,1H3;2H,1H3/b9-8-,11-10-,13-12+;;. The summed E-state index contributed by atoms with van der Waals surface area (Å²) in [6.45, 7) is 15.4. The van der Waals surface area contributed by atoms with Crippen LogP contribution in [0.2, 0.25) is 6.32 Å². The van der Waals surface area contributed by atoms with E-state index in [1.807, 2.05) is 95.3 Å². The number of carbonyl (C=O) groups excluding carboxylic acids is 2. The fraction of sp³-hybridized carbons (Fsp3) is 0.444. The van der Waals surface area contributed by atoms with Crippen LogP contribution in [-0.4, -0.2) is 74.0 Å². The van der Waals surface area contributed by atoms with Gasteiger partial charge in [-0.1, -0.05) is 93.1 Å². The zero-order chi connectivity index (χ0) is 34.6. The molecule has 0 radical (unpaired) electrons. The third-order valence-corrected chi connectivity index (χ3v) is 7.20. The van der Waals surface area contributed by atoms with E-state index in [0.29, 0.717) is 25.9 Å². The summed E-state index contributed by atoms with van der Waals surface area (Å²) >= 11 is 0. The molecule has 0 bridgehead atoms. The van der Waals surface area contributed by atoms with Gasteiger partial charge in [0, 0.05) is 31.5 Å². The summed E-state index contributed by atoms with van der Waals surface area (Å²) in [6.07, 6.45) is 16.0. The number of methoxy groups -OCH3 is 1. The Labute approximate surface area is 276 Å². The van der Waals surface area contributed by atoms with Crippen LogP contribution in [0.4, 0.5) is 0 Å². The lowest BCUT2D eigenvalue weighted by Crippen LogP contribution is -2.56. The number of hydrogen-bond acceptors (Lipinski definition) is 8. The number of hydrazine groups is 1. The molecule has 0 aliphatic carbocycles. The molecule has 3 rings (SSSR count). The minimum absolute atomic E-state index is 0.0769. The van der Waals surface area contributed by atoms with Crippen LogP contribution in [0.1, 0.15) is 47.1 Å². The summed E-state index contributed by atoms with van der Waals surface area (Å²) in [6, 6.07) is 12.2. The van der Waals surface area contributed by atoms with Crippen LogP contribution in [0.3, 0.4) is 0 Å². The van der Waals surface area contributed by atoms with E-state index in [-0.39, 0.29) is 30.2 Å². The summed E-state index contributed by atoms with van der Waals surface area (Å²) in [5, 5.41) is 14.4. The number of allylic oxidation sites excluding steroid dienone is 5. The highest BCUT2D eigenvalue weighted by Crippen LogP contribution is 2.29. The lowest BCUT2D eigenvalue weighted by atomic mass is 9.40. The maximum atomic E-state index is 12.9. The summed E-state index contributed by atoms with van der Waals surface area (Å²) in [5.74, 6) is 2.27. The molecule has 46 heavy (non-hydrogen) atoms. The predicted octanol–water partition coefficient (Wildman–Crippen LogP) is 5.76. The number of hydrogen-bond donors (Lipinski definition) is 2. The molecule has 1 saturated heterocycles. The Morgan fingerprint density at radius 3 is 2.35 bits per heavy atom. The summed E-state index contributed by atoms with van der Waals surface area (Å²) in [4.78, 5) is 25.9. The van der Waals surface area contributed by atoms with Gasteiger partial charge < -0.3 is 14.8 Å². The first-order chi connectivity index (χ1) is 21.8. The molecule has 1 aromatic carbocycles. The van der Waals surface area contributed by atoms with Crippen molar-refractivity contribution in [2.24, 2.45) is 5.41 Å². The van der Waals surface area contributed by atoms with E-state index in [2.05, 4.69) is 63.7 Å². The van der Waals surface area contributed by atoms with Crippen molar-refractivity contribution in [3.05, 3.63) is 90.8 Å². The molecule has 10 heteroatoms. The number of amides is 1. The smallest absolute Gasteiger partial charge is 0.304 e. The van der Waals surface area contributed by atoms with Crippen molar-refractivity contribution in [1.82, 2.24) is 20.7 Å². The lowest BCUT2D eigenvalue weighted by molar-refractivity contribution is -0.131. The molecule has 1 aliphatic heterocycles. The van der Waals surface area contributed by atoms with Gasteiger partial charge in [0.15, 0.2) is 0 Å². The van der Waals surface area contributed by atoms with Gasteiger partial charge in [0.05, 0.1) is 24.8 Å². The minimum Gasteiger partial charge on any atom is -0.471 e. The lowest BCUT2D eigenvalue weighted by Gasteiger charge is -2.33. The number of pyridine rings is 1. The topological polar surface area (TPSA) is 117 Å². The molecule has 2 N–H and O–H groups in total. The van der Waals surface area contributed by atoms with E-state index >= 15 is 0 Å². The van der Waals surface area contributed by atoms with E-state index < -0.39 is 5.50 Å². The molecular formula is C36H52BN5O4. The second-order valence-electron chi connectivity index (χ2n) is 12.5. The number of benzene rings is 1. The number of rotatable bonds is 11. The first-order valence-corrected chi connectivity index (χ1v) is 15.5. The molecule has 9 nitrogen and oxygen atoms in total. The summed E-state index contributed by atoms with van der Waals surface area (Å²) < 4.78 is 9.96. The average molecular weight is 630 g/mol. The number of aromatic nitrogens is 1. The number of nitrogens with zero attached hydrogens (tertiary/aromatic N) is 3. The zero-order valence-corrected chi connectivity index (χ0v) is 29.0. The molecular weight excluding hydrogens is 577 g/mol. The van der Waals surface area contributed by atoms with E-state index in [4.69, 9.17) is 9.53 Å². The number of nitrogens with one attached hydrogen (secondary N) is 2.